The number of benzene rings is 2. The summed E-state index contributed by atoms with van der Waals surface area (Å²) >= 11 is 0. The first-order valence-electron chi connectivity index (χ1n) is 9.57. The van der Waals surface area contributed by atoms with Crippen molar-refractivity contribution in [3.63, 3.8) is 0 Å². The fraction of sp³-hybridized carbons (Fsp3) is 0.174. The van der Waals surface area contributed by atoms with Crippen molar-refractivity contribution in [2.24, 2.45) is 0 Å². The van der Waals surface area contributed by atoms with Gasteiger partial charge < -0.3 is 15.4 Å². The summed E-state index contributed by atoms with van der Waals surface area (Å²) < 4.78 is 5.70. The van der Waals surface area contributed by atoms with Crippen LogP contribution in [0.1, 0.15) is 41.2 Å². The van der Waals surface area contributed by atoms with Gasteiger partial charge in [-0.05, 0) is 48.7 Å². The molecule has 0 bridgehead atoms. The highest BCUT2D eigenvalue weighted by Gasteiger charge is 2.20. The van der Waals surface area contributed by atoms with Gasteiger partial charge in [0.15, 0.2) is 0 Å². The number of piperidine rings is 1. The Kier molecular flexibility index (Phi) is 5.52. The Morgan fingerprint density at radius 1 is 1.07 bits per heavy atom. The molecule has 0 aliphatic carbocycles. The summed E-state index contributed by atoms with van der Waals surface area (Å²) in [6.45, 7) is 0. The van der Waals surface area contributed by atoms with Crippen molar-refractivity contribution in [1.29, 1.82) is 0 Å². The highest BCUT2D eigenvalue weighted by molar-refractivity contribution is 6.04. The topological polar surface area (TPSA) is 80.3 Å². The van der Waals surface area contributed by atoms with E-state index in [0.29, 0.717) is 29.3 Å². The molecule has 6 heteroatoms. The van der Waals surface area contributed by atoms with Gasteiger partial charge in [-0.25, -0.2) is 4.98 Å². The molecule has 1 aliphatic rings. The standard InChI is InChI=1S/C23H21N3O3/c27-21-11-5-10-20(26-21)16-6-4-7-18(14-16)25-23(28)17-12-13-24-22(15-17)29-19-8-2-1-3-9-19/h1-4,6-9,12-15,20H,5,10-11H2,(H,25,28)(H,26,27). The number of carbonyl (C=O) groups is 2. The second-order valence-electron chi connectivity index (χ2n) is 6.89. The van der Waals surface area contributed by atoms with Gasteiger partial charge in [-0.1, -0.05) is 30.3 Å². The van der Waals surface area contributed by atoms with Gasteiger partial charge in [-0.15, -0.1) is 0 Å². The Balaban J connectivity index is 1.46. The maximum Gasteiger partial charge on any atom is 0.255 e. The second-order valence-corrected chi connectivity index (χ2v) is 6.89. The van der Waals surface area contributed by atoms with Gasteiger partial charge in [0.25, 0.3) is 5.91 Å². The van der Waals surface area contributed by atoms with Crippen molar-refractivity contribution in [3.8, 4) is 11.6 Å². The minimum Gasteiger partial charge on any atom is -0.439 e. The maximum absolute atomic E-state index is 12.7. The third-order valence-corrected chi connectivity index (χ3v) is 4.74. The Morgan fingerprint density at radius 2 is 1.93 bits per heavy atom. The zero-order valence-corrected chi connectivity index (χ0v) is 15.8. The van der Waals surface area contributed by atoms with Crippen LogP contribution >= 0.6 is 0 Å². The Hall–Kier alpha value is -3.67. The van der Waals surface area contributed by atoms with E-state index >= 15 is 0 Å². The van der Waals surface area contributed by atoms with E-state index in [0.717, 1.165) is 18.4 Å². The first-order chi connectivity index (χ1) is 14.2. The summed E-state index contributed by atoms with van der Waals surface area (Å²) in [5.41, 5.74) is 2.11. The highest BCUT2D eigenvalue weighted by atomic mass is 16.5. The van der Waals surface area contributed by atoms with Crippen molar-refractivity contribution in [1.82, 2.24) is 10.3 Å². The van der Waals surface area contributed by atoms with Crippen LogP contribution in [0.15, 0.2) is 72.9 Å². The van der Waals surface area contributed by atoms with Crippen LogP contribution in [0.25, 0.3) is 0 Å². The molecule has 1 fully saturated rings. The van der Waals surface area contributed by atoms with Crippen LogP contribution in [0.3, 0.4) is 0 Å². The van der Waals surface area contributed by atoms with E-state index in [2.05, 4.69) is 15.6 Å². The molecule has 2 aromatic carbocycles. The van der Waals surface area contributed by atoms with Gasteiger partial charge in [-0.2, -0.15) is 0 Å². The number of rotatable bonds is 5. The molecule has 1 unspecified atom stereocenters. The third-order valence-electron chi connectivity index (χ3n) is 4.74. The molecule has 146 valence electrons. The summed E-state index contributed by atoms with van der Waals surface area (Å²) in [7, 11) is 0. The molecule has 0 radical (unpaired) electrons. The summed E-state index contributed by atoms with van der Waals surface area (Å²) in [6.07, 6.45) is 3.88. The van der Waals surface area contributed by atoms with Gasteiger partial charge >= 0.3 is 0 Å². The molecule has 0 saturated carbocycles. The van der Waals surface area contributed by atoms with Crippen LogP contribution in [0.4, 0.5) is 5.69 Å². The predicted octanol–water partition coefficient (Wildman–Crippen LogP) is 4.47. The van der Waals surface area contributed by atoms with Crippen LogP contribution in [0, 0.1) is 0 Å². The van der Waals surface area contributed by atoms with E-state index in [-0.39, 0.29) is 17.9 Å². The van der Waals surface area contributed by atoms with Gasteiger partial charge in [0.1, 0.15) is 5.75 Å². The highest BCUT2D eigenvalue weighted by Crippen LogP contribution is 2.26. The van der Waals surface area contributed by atoms with Crippen LogP contribution in [0.5, 0.6) is 11.6 Å². The monoisotopic (exact) mass is 387 g/mol. The van der Waals surface area contributed by atoms with Crippen LogP contribution in [-0.2, 0) is 4.79 Å². The van der Waals surface area contributed by atoms with Crippen molar-refractivity contribution in [2.45, 2.75) is 25.3 Å². The molecule has 1 atom stereocenters. The lowest BCUT2D eigenvalue weighted by atomic mass is 9.97. The smallest absolute Gasteiger partial charge is 0.255 e. The molecule has 3 aromatic rings. The predicted molar refractivity (Wildman–Crippen MR) is 110 cm³/mol. The zero-order chi connectivity index (χ0) is 20.1. The number of hydrogen-bond acceptors (Lipinski definition) is 4. The van der Waals surface area contributed by atoms with Crippen molar-refractivity contribution < 1.29 is 14.3 Å². The van der Waals surface area contributed by atoms with Gasteiger partial charge in [0.2, 0.25) is 11.8 Å². The molecular formula is C23H21N3O3. The van der Waals surface area contributed by atoms with Crippen molar-refractivity contribution >= 4 is 17.5 Å². The number of nitrogens with one attached hydrogen (secondary N) is 2. The second kappa shape index (κ2) is 8.56. The minimum absolute atomic E-state index is 0.0140. The van der Waals surface area contributed by atoms with E-state index in [9.17, 15) is 9.59 Å². The van der Waals surface area contributed by atoms with E-state index in [1.807, 2.05) is 54.6 Å². The quantitative estimate of drug-likeness (QED) is 0.677. The molecule has 2 amide bonds. The average Bonchev–Trinajstić information content (AvgIpc) is 2.75. The van der Waals surface area contributed by atoms with Gasteiger partial charge in [0, 0.05) is 29.9 Å². The Morgan fingerprint density at radius 3 is 2.76 bits per heavy atom. The number of para-hydroxylation sites is 1. The number of ether oxygens (including phenoxy) is 1. The average molecular weight is 387 g/mol. The third kappa shape index (κ3) is 4.79. The lowest BCUT2D eigenvalue weighted by Gasteiger charge is -2.24. The Bertz CT molecular complexity index is 1020. The molecule has 1 aliphatic heterocycles. The molecule has 29 heavy (non-hydrogen) atoms. The number of aromatic nitrogens is 1. The lowest BCUT2D eigenvalue weighted by molar-refractivity contribution is -0.123. The summed E-state index contributed by atoms with van der Waals surface area (Å²) in [4.78, 5) is 28.5. The van der Waals surface area contributed by atoms with Crippen molar-refractivity contribution in [2.75, 3.05) is 5.32 Å². The van der Waals surface area contributed by atoms with Crippen LogP contribution in [-0.4, -0.2) is 16.8 Å². The van der Waals surface area contributed by atoms with E-state index in [1.165, 1.54) is 0 Å². The number of nitrogens with zero attached hydrogens (tertiary/aromatic N) is 1. The van der Waals surface area contributed by atoms with Crippen LogP contribution < -0.4 is 15.4 Å². The first kappa shape index (κ1) is 18.7. The maximum atomic E-state index is 12.7. The number of pyridine rings is 1. The molecule has 1 saturated heterocycles. The molecule has 1 aromatic heterocycles. The molecular weight excluding hydrogens is 366 g/mol. The SMILES string of the molecule is O=C1CCCC(c2cccc(NC(=O)c3ccnc(Oc4ccccc4)c3)c2)N1. The van der Waals surface area contributed by atoms with E-state index < -0.39 is 0 Å². The molecule has 2 heterocycles. The van der Waals surface area contributed by atoms with Gasteiger partial charge in [-0.3, -0.25) is 9.59 Å². The van der Waals surface area contributed by atoms with Gasteiger partial charge in [0.05, 0.1) is 6.04 Å². The first-order valence-corrected chi connectivity index (χ1v) is 9.57. The van der Waals surface area contributed by atoms with E-state index in [1.54, 1.807) is 18.3 Å². The molecule has 6 nitrogen and oxygen atoms in total. The van der Waals surface area contributed by atoms with E-state index in [4.69, 9.17) is 4.74 Å². The summed E-state index contributed by atoms with van der Waals surface area (Å²) in [5, 5.41) is 5.90. The Labute approximate surface area is 168 Å². The number of anilines is 1. The molecule has 4 rings (SSSR count). The fourth-order valence-corrected chi connectivity index (χ4v) is 3.31. The summed E-state index contributed by atoms with van der Waals surface area (Å²) in [6, 6.07) is 20.1. The largest absolute Gasteiger partial charge is 0.439 e. The number of carbonyl (C=O) groups excluding carboxylic acids is 2. The fourth-order valence-electron chi connectivity index (χ4n) is 3.31. The van der Waals surface area contributed by atoms with Crippen LogP contribution in [0.2, 0.25) is 0 Å². The lowest BCUT2D eigenvalue weighted by Crippen LogP contribution is -2.32. The minimum atomic E-state index is -0.254. The molecule has 2 N–H and O–H groups in total. The van der Waals surface area contributed by atoms with Crippen molar-refractivity contribution in [3.05, 3.63) is 84.1 Å². The summed E-state index contributed by atoms with van der Waals surface area (Å²) in [5.74, 6) is 0.816. The zero-order valence-electron chi connectivity index (χ0n) is 15.8. The number of hydrogen-bond donors (Lipinski definition) is 2. The molecule has 0 spiro atoms. The number of amides is 2. The normalized spacial score (nSPS) is 16.0.